The second-order valence-corrected chi connectivity index (χ2v) is 6.43. The van der Waals surface area contributed by atoms with E-state index in [9.17, 15) is 17.2 Å². The predicted molar refractivity (Wildman–Crippen MR) is 75.7 cm³/mol. The van der Waals surface area contributed by atoms with Gasteiger partial charge in [0.1, 0.15) is 10.7 Å². The minimum absolute atomic E-state index is 0.0584. The van der Waals surface area contributed by atoms with Gasteiger partial charge in [0.15, 0.2) is 5.82 Å². The fraction of sp³-hybridized carbons (Fsp3) is 0. The molecule has 0 aliphatic rings. The zero-order valence-electron chi connectivity index (χ0n) is 9.90. The molecule has 4 nitrogen and oxygen atoms in total. The zero-order valence-corrected chi connectivity index (χ0v) is 12.3. The largest absolute Gasteiger partial charge is 0.399 e. The maximum Gasteiger partial charge on any atom is 0.264 e. The normalized spacial score (nSPS) is 11.3. The first-order chi connectivity index (χ1) is 9.29. The SMILES string of the molecule is Nc1cc(Br)c(F)c(S(=O)(=O)Nc2ccc(F)cc2)c1. The summed E-state index contributed by atoms with van der Waals surface area (Å²) in [5.41, 5.74) is 5.71. The second kappa shape index (κ2) is 5.37. The molecule has 0 bridgehead atoms. The third-order valence-corrected chi connectivity index (χ3v) is 4.36. The Hall–Kier alpha value is -1.67. The lowest BCUT2D eigenvalue weighted by Gasteiger charge is -2.10. The second-order valence-electron chi connectivity index (χ2n) is 3.93. The molecule has 8 heteroatoms. The molecule has 0 unspecified atom stereocenters. The first-order valence-electron chi connectivity index (χ1n) is 5.32. The van der Waals surface area contributed by atoms with Crippen molar-refractivity contribution in [2.24, 2.45) is 0 Å². The molecule has 0 aliphatic carbocycles. The van der Waals surface area contributed by atoms with Gasteiger partial charge in [0.2, 0.25) is 0 Å². The topological polar surface area (TPSA) is 72.2 Å². The van der Waals surface area contributed by atoms with Crippen LogP contribution in [0.2, 0.25) is 0 Å². The van der Waals surface area contributed by atoms with Gasteiger partial charge in [-0.3, -0.25) is 4.72 Å². The quantitative estimate of drug-likeness (QED) is 0.824. The summed E-state index contributed by atoms with van der Waals surface area (Å²) in [6, 6.07) is 6.89. The molecule has 0 heterocycles. The van der Waals surface area contributed by atoms with Gasteiger partial charge in [-0.05, 0) is 52.3 Å². The predicted octanol–water partition coefficient (Wildman–Crippen LogP) is 3.11. The van der Waals surface area contributed by atoms with E-state index in [2.05, 4.69) is 20.7 Å². The number of nitrogens with one attached hydrogen (secondary N) is 1. The maximum absolute atomic E-state index is 13.9. The van der Waals surface area contributed by atoms with Gasteiger partial charge in [-0.1, -0.05) is 0 Å². The molecule has 0 amide bonds. The van der Waals surface area contributed by atoms with Crippen LogP contribution >= 0.6 is 15.9 Å². The van der Waals surface area contributed by atoms with Crippen molar-refractivity contribution in [3.8, 4) is 0 Å². The highest BCUT2D eigenvalue weighted by Gasteiger charge is 2.22. The number of rotatable bonds is 3. The standard InChI is InChI=1S/C12H9BrF2N2O2S/c13-10-5-8(16)6-11(12(10)15)20(18,19)17-9-3-1-7(14)2-4-9/h1-6,17H,16H2. The van der Waals surface area contributed by atoms with Gasteiger partial charge < -0.3 is 5.73 Å². The molecule has 0 radical (unpaired) electrons. The van der Waals surface area contributed by atoms with Gasteiger partial charge in [-0.25, -0.2) is 17.2 Å². The minimum atomic E-state index is -4.16. The number of hydrogen-bond acceptors (Lipinski definition) is 3. The fourth-order valence-electron chi connectivity index (χ4n) is 1.51. The van der Waals surface area contributed by atoms with Crippen molar-refractivity contribution in [3.05, 3.63) is 52.5 Å². The van der Waals surface area contributed by atoms with Gasteiger partial charge in [0, 0.05) is 11.4 Å². The molecule has 0 spiro atoms. The van der Waals surface area contributed by atoms with Crippen molar-refractivity contribution < 1.29 is 17.2 Å². The Kier molecular flexibility index (Phi) is 3.96. The summed E-state index contributed by atoms with van der Waals surface area (Å²) in [6.45, 7) is 0. The molecule has 0 atom stereocenters. The average Bonchev–Trinajstić information content (AvgIpc) is 2.36. The molecule has 106 valence electrons. The molecular formula is C12H9BrF2N2O2S. The first-order valence-corrected chi connectivity index (χ1v) is 7.60. The van der Waals surface area contributed by atoms with E-state index < -0.39 is 26.6 Å². The van der Waals surface area contributed by atoms with E-state index >= 15 is 0 Å². The third-order valence-electron chi connectivity index (χ3n) is 2.40. The van der Waals surface area contributed by atoms with Crippen LogP contribution in [0.15, 0.2) is 45.8 Å². The smallest absolute Gasteiger partial charge is 0.264 e. The van der Waals surface area contributed by atoms with Crippen LogP contribution in [0.3, 0.4) is 0 Å². The molecule has 20 heavy (non-hydrogen) atoms. The van der Waals surface area contributed by atoms with Crippen molar-refractivity contribution in [2.75, 3.05) is 10.5 Å². The van der Waals surface area contributed by atoms with E-state index in [-0.39, 0.29) is 15.8 Å². The summed E-state index contributed by atoms with van der Waals surface area (Å²) in [6.07, 6.45) is 0. The van der Waals surface area contributed by atoms with Crippen LogP contribution in [0, 0.1) is 11.6 Å². The number of hydrogen-bond donors (Lipinski definition) is 2. The lowest BCUT2D eigenvalue weighted by Crippen LogP contribution is -2.15. The molecule has 0 aromatic heterocycles. The van der Waals surface area contributed by atoms with E-state index in [0.717, 1.165) is 18.2 Å². The maximum atomic E-state index is 13.9. The highest BCUT2D eigenvalue weighted by molar-refractivity contribution is 9.10. The lowest BCUT2D eigenvalue weighted by molar-refractivity contribution is 0.566. The first kappa shape index (κ1) is 14.7. The Morgan fingerprint density at radius 2 is 1.70 bits per heavy atom. The van der Waals surface area contributed by atoms with E-state index in [1.54, 1.807) is 0 Å². The zero-order chi connectivity index (χ0) is 14.9. The Morgan fingerprint density at radius 3 is 2.30 bits per heavy atom. The molecular weight excluding hydrogens is 354 g/mol. The fourth-order valence-corrected chi connectivity index (χ4v) is 3.31. The van der Waals surface area contributed by atoms with Crippen LogP contribution in [0.4, 0.5) is 20.2 Å². The van der Waals surface area contributed by atoms with Crippen molar-refractivity contribution in [2.45, 2.75) is 4.90 Å². The highest BCUT2D eigenvalue weighted by Crippen LogP contribution is 2.27. The summed E-state index contributed by atoms with van der Waals surface area (Å²) in [7, 11) is -4.16. The summed E-state index contributed by atoms with van der Waals surface area (Å²) >= 11 is 2.89. The Labute approximate surface area is 122 Å². The molecule has 0 aliphatic heterocycles. The monoisotopic (exact) mass is 362 g/mol. The van der Waals surface area contributed by atoms with Crippen molar-refractivity contribution in [1.82, 2.24) is 0 Å². The van der Waals surface area contributed by atoms with Crippen molar-refractivity contribution >= 4 is 37.3 Å². The summed E-state index contributed by atoms with van der Waals surface area (Å²) in [5.74, 6) is -1.46. The molecule has 2 aromatic rings. The third kappa shape index (κ3) is 3.07. The summed E-state index contributed by atoms with van der Waals surface area (Å²) < 4.78 is 52.9. The molecule has 0 fully saturated rings. The summed E-state index contributed by atoms with van der Waals surface area (Å²) in [5, 5.41) is 0. The number of benzene rings is 2. The van der Waals surface area contributed by atoms with E-state index in [4.69, 9.17) is 5.73 Å². The number of nitrogens with two attached hydrogens (primary N) is 1. The Balaban J connectivity index is 2.43. The summed E-state index contributed by atoms with van der Waals surface area (Å²) in [4.78, 5) is -0.589. The van der Waals surface area contributed by atoms with Gasteiger partial charge in [0.05, 0.1) is 4.47 Å². The Morgan fingerprint density at radius 1 is 1.10 bits per heavy atom. The molecule has 3 N–H and O–H groups in total. The lowest BCUT2D eigenvalue weighted by atomic mass is 10.3. The van der Waals surface area contributed by atoms with Gasteiger partial charge in [-0.2, -0.15) is 0 Å². The highest BCUT2D eigenvalue weighted by atomic mass is 79.9. The van der Waals surface area contributed by atoms with Crippen LogP contribution < -0.4 is 10.5 Å². The van der Waals surface area contributed by atoms with E-state index in [1.807, 2.05) is 0 Å². The van der Waals surface area contributed by atoms with Crippen LogP contribution in [0.25, 0.3) is 0 Å². The van der Waals surface area contributed by atoms with Gasteiger partial charge >= 0.3 is 0 Å². The number of halogens is 3. The van der Waals surface area contributed by atoms with Crippen molar-refractivity contribution in [1.29, 1.82) is 0 Å². The number of sulfonamides is 1. The van der Waals surface area contributed by atoms with Crippen LogP contribution in [0.1, 0.15) is 0 Å². The van der Waals surface area contributed by atoms with Crippen LogP contribution in [0.5, 0.6) is 0 Å². The average molecular weight is 363 g/mol. The van der Waals surface area contributed by atoms with Crippen LogP contribution in [-0.4, -0.2) is 8.42 Å². The molecule has 0 saturated heterocycles. The minimum Gasteiger partial charge on any atom is -0.399 e. The molecule has 2 rings (SSSR count). The molecule has 0 saturated carbocycles. The van der Waals surface area contributed by atoms with Crippen molar-refractivity contribution in [3.63, 3.8) is 0 Å². The van der Waals surface area contributed by atoms with E-state index in [1.165, 1.54) is 18.2 Å². The number of anilines is 2. The van der Waals surface area contributed by atoms with E-state index in [0.29, 0.717) is 0 Å². The number of nitrogen functional groups attached to an aromatic ring is 1. The van der Waals surface area contributed by atoms with Gasteiger partial charge in [-0.15, -0.1) is 0 Å². The van der Waals surface area contributed by atoms with Crippen LogP contribution in [-0.2, 0) is 10.0 Å². The molecule has 2 aromatic carbocycles. The van der Waals surface area contributed by atoms with Gasteiger partial charge in [0.25, 0.3) is 10.0 Å². The Bertz CT molecular complexity index is 749.